The molecule has 1 aliphatic rings. The molecule has 0 radical (unpaired) electrons. The molecule has 5 N–H and O–H groups in total. The number of hydrogen-bond donors (Lipinski definition) is 3. The SMILES string of the molecule is NC(N)=NS(=O)(=O)c1ccc(C2=C(O)c3ccccc3C(=O)C2=O)cc1. The van der Waals surface area contributed by atoms with Crippen LogP contribution < -0.4 is 11.5 Å². The summed E-state index contributed by atoms with van der Waals surface area (Å²) >= 11 is 0. The first-order chi connectivity index (χ1) is 12.2. The Bertz CT molecular complexity index is 1100. The van der Waals surface area contributed by atoms with Crippen LogP contribution >= 0.6 is 0 Å². The summed E-state index contributed by atoms with van der Waals surface area (Å²) < 4.78 is 27.0. The Morgan fingerprint density at radius 1 is 0.885 bits per heavy atom. The minimum absolute atomic E-state index is 0.116. The Labute approximate surface area is 148 Å². The molecule has 0 bridgehead atoms. The van der Waals surface area contributed by atoms with E-state index < -0.39 is 27.5 Å². The van der Waals surface area contributed by atoms with Crippen LogP contribution in [-0.2, 0) is 14.8 Å². The summed E-state index contributed by atoms with van der Waals surface area (Å²) in [6, 6.07) is 11.1. The van der Waals surface area contributed by atoms with E-state index in [1.807, 2.05) is 0 Å². The van der Waals surface area contributed by atoms with Crippen LogP contribution in [0.3, 0.4) is 0 Å². The van der Waals surface area contributed by atoms with Gasteiger partial charge in [0.1, 0.15) is 5.76 Å². The maximum Gasteiger partial charge on any atom is 0.285 e. The number of allylic oxidation sites excluding steroid dienone is 1. The van der Waals surface area contributed by atoms with Crippen LogP contribution in [-0.4, -0.2) is 31.1 Å². The zero-order valence-electron chi connectivity index (χ0n) is 13.2. The van der Waals surface area contributed by atoms with Gasteiger partial charge in [0.2, 0.25) is 17.5 Å². The molecule has 3 rings (SSSR count). The number of ketones is 2. The Morgan fingerprint density at radius 3 is 2.04 bits per heavy atom. The van der Waals surface area contributed by atoms with Gasteiger partial charge in [-0.2, -0.15) is 8.42 Å². The highest BCUT2D eigenvalue weighted by atomic mass is 32.2. The molecule has 0 fully saturated rings. The first-order valence-electron chi connectivity index (χ1n) is 7.30. The molecule has 0 saturated heterocycles. The number of carbonyl (C=O) groups excluding carboxylic acids is 2. The summed E-state index contributed by atoms with van der Waals surface area (Å²) in [4.78, 5) is 24.4. The number of benzene rings is 2. The summed E-state index contributed by atoms with van der Waals surface area (Å²) in [5.41, 5.74) is 10.5. The summed E-state index contributed by atoms with van der Waals surface area (Å²) in [6.45, 7) is 0. The van der Waals surface area contributed by atoms with E-state index in [1.165, 1.54) is 36.4 Å². The van der Waals surface area contributed by atoms with Gasteiger partial charge < -0.3 is 16.6 Å². The van der Waals surface area contributed by atoms with Gasteiger partial charge in [-0.25, -0.2) is 0 Å². The molecule has 8 nitrogen and oxygen atoms in total. The van der Waals surface area contributed by atoms with E-state index in [9.17, 15) is 23.1 Å². The molecule has 26 heavy (non-hydrogen) atoms. The predicted molar refractivity (Wildman–Crippen MR) is 94.7 cm³/mol. The summed E-state index contributed by atoms with van der Waals surface area (Å²) in [6.07, 6.45) is 0. The molecule has 132 valence electrons. The van der Waals surface area contributed by atoms with E-state index in [-0.39, 0.29) is 32.9 Å². The largest absolute Gasteiger partial charge is 0.506 e. The molecular weight excluding hydrogens is 358 g/mol. The molecule has 2 aromatic rings. The number of carbonyl (C=O) groups is 2. The first-order valence-corrected chi connectivity index (χ1v) is 8.74. The van der Waals surface area contributed by atoms with E-state index in [2.05, 4.69) is 4.40 Å². The highest BCUT2D eigenvalue weighted by Crippen LogP contribution is 2.33. The lowest BCUT2D eigenvalue weighted by Crippen LogP contribution is -2.24. The van der Waals surface area contributed by atoms with Gasteiger partial charge in [-0.05, 0) is 17.7 Å². The second-order valence-corrected chi connectivity index (χ2v) is 7.05. The average molecular weight is 371 g/mol. The second kappa shape index (κ2) is 6.12. The van der Waals surface area contributed by atoms with Crippen molar-refractivity contribution in [2.75, 3.05) is 0 Å². The van der Waals surface area contributed by atoms with Crippen LogP contribution in [0.1, 0.15) is 21.5 Å². The molecule has 1 aliphatic carbocycles. The van der Waals surface area contributed by atoms with Crippen molar-refractivity contribution in [3.05, 3.63) is 65.2 Å². The van der Waals surface area contributed by atoms with Crippen LogP contribution in [0.15, 0.2) is 57.8 Å². The molecule has 0 amide bonds. The third-order valence-corrected chi connectivity index (χ3v) is 5.08. The van der Waals surface area contributed by atoms with Crippen molar-refractivity contribution in [3.8, 4) is 0 Å². The molecule has 0 spiro atoms. The van der Waals surface area contributed by atoms with Gasteiger partial charge in [0.15, 0.2) is 0 Å². The van der Waals surface area contributed by atoms with Crippen LogP contribution in [0.2, 0.25) is 0 Å². The second-order valence-electron chi connectivity index (χ2n) is 5.44. The predicted octanol–water partition coefficient (Wildman–Crippen LogP) is 0.840. The number of rotatable bonds is 3. The van der Waals surface area contributed by atoms with Gasteiger partial charge in [0.05, 0.1) is 10.5 Å². The fourth-order valence-electron chi connectivity index (χ4n) is 2.62. The highest BCUT2D eigenvalue weighted by Gasteiger charge is 2.33. The van der Waals surface area contributed by atoms with E-state index in [0.717, 1.165) is 0 Å². The molecule has 0 aliphatic heterocycles. The van der Waals surface area contributed by atoms with Gasteiger partial charge in [-0.1, -0.05) is 36.4 Å². The molecule has 0 saturated carbocycles. The minimum Gasteiger partial charge on any atom is -0.506 e. The Balaban J connectivity index is 2.12. The maximum atomic E-state index is 12.4. The fraction of sp³-hybridized carbons (Fsp3) is 0. The maximum absolute atomic E-state index is 12.4. The zero-order chi connectivity index (χ0) is 19.1. The van der Waals surface area contributed by atoms with E-state index in [1.54, 1.807) is 12.1 Å². The molecule has 0 aromatic heterocycles. The Morgan fingerprint density at radius 2 is 1.46 bits per heavy atom. The topological polar surface area (TPSA) is 153 Å². The number of fused-ring (bicyclic) bond motifs is 1. The highest BCUT2D eigenvalue weighted by molar-refractivity contribution is 7.90. The molecule has 2 aromatic carbocycles. The Kier molecular flexibility index (Phi) is 4.09. The van der Waals surface area contributed by atoms with Gasteiger partial charge >= 0.3 is 0 Å². The lowest BCUT2D eigenvalue weighted by molar-refractivity contribution is -0.110. The third kappa shape index (κ3) is 2.84. The van der Waals surface area contributed by atoms with Gasteiger partial charge in [0.25, 0.3) is 10.0 Å². The quantitative estimate of drug-likeness (QED) is 0.410. The standard InChI is InChI=1S/C17H13N3O5S/c18-17(19)20-26(24,25)10-7-5-9(6-8-10)13-14(21)11-3-1-2-4-12(11)15(22)16(13)23/h1-8,21H,(H4,18,19,20). The molecule has 0 unspecified atom stereocenters. The normalized spacial score (nSPS) is 14.2. The van der Waals surface area contributed by atoms with Gasteiger partial charge in [0, 0.05) is 11.1 Å². The van der Waals surface area contributed by atoms with Crippen molar-refractivity contribution in [2.45, 2.75) is 4.90 Å². The van der Waals surface area contributed by atoms with Crippen molar-refractivity contribution >= 4 is 38.9 Å². The molecule has 0 atom stereocenters. The molecule has 0 heterocycles. The van der Waals surface area contributed by atoms with Crippen molar-refractivity contribution in [3.63, 3.8) is 0 Å². The summed E-state index contributed by atoms with van der Waals surface area (Å²) in [7, 11) is -4.09. The van der Waals surface area contributed by atoms with Crippen molar-refractivity contribution < 1.29 is 23.1 Å². The number of sulfonamides is 1. The van der Waals surface area contributed by atoms with E-state index in [4.69, 9.17) is 11.5 Å². The van der Waals surface area contributed by atoms with Crippen molar-refractivity contribution in [1.29, 1.82) is 0 Å². The molecule has 9 heteroatoms. The van der Waals surface area contributed by atoms with Crippen LogP contribution in [0.25, 0.3) is 11.3 Å². The number of Topliss-reactive ketones (excluding diaryl/α,β-unsaturated/α-hetero) is 2. The van der Waals surface area contributed by atoms with E-state index >= 15 is 0 Å². The van der Waals surface area contributed by atoms with Crippen LogP contribution in [0.4, 0.5) is 0 Å². The summed E-state index contributed by atoms with van der Waals surface area (Å²) in [5, 5.41) is 10.4. The Hall–Kier alpha value is -3.46. The first kappa shape index (κ1) is 17.4. The van der Waals surface area contributed by atoms with Crippen molar-refractivity contribution in [2.24, 2.45) is 15.9 Å². The number of aliphatic hydroxyl groups excluding tert-OH is 1. The third-order valence-electron chi connectivity index (χ3n) is 3.76. The number of nitrogens with zero attached hydrogens (tertiary/aromatic N) is 1. The van der Waals surface area contributed by atoms with Crippen molar-refractivity contribution in [1.82, 2.24) is 0 Å². The smallest absolute Gasteiger partial charge is 0.285 e. The number of aliphatic hydroxyl groups is 1. The van der Waals surface area contributed by atoms with Gasteiger partial charge in [-0.3, -0.25) is 9.59 Å². The number of hydrogen-bond acceptors (Lipinski definition) is 5. The minimum atomic E-state index is -4.09. The zero-order valence-corrected chi connectivity index (χ0v) is 14.0. The number of nitrogens with two attached hydrogens (primary N) is 2. The fourth-order valence-corrected chi connectivity index (χ4v) is 3.48. The lowest BCUT2D eigenvalue weighted by atomic mass is 9.85. The van der Waals surface area contributed by atoms with Crippen LogP contribution in [0, 0.1) is 0 Å². The number of guanidine groups is 1. The van der Waals surface area contributed by atoms with Gasteiger partial charge in [-0.15, -0.1) is 4.40 Å². The average Bonchev–Trinajstić information content (AvgIpc) is 2.59. The lowest BCUT2D eigenvalue weighted by Gasteiger charge is -2.17. The van der Waals surface area contributed by atoms with E-state index in [0.29, 0.717) is 0 Å². The monoisotopic (exact) mass is 371 g/mol. The van der Waals surface area contributed by atoms with Crippen LogP contribution in [0.5, 0.6) is 0 Å². The molecular formula is C17H13N3O5S. The summed E-state index contributed by atoms with van der Waals surface area (Å²) in [5.74, 6) is -2.57.